The van der Waals surface area contributed by atoms with Crippen LogP contribution in [0.15, 0.2) is 24.3 Å². The molecule has 2 N–H and O–H groups in total. The average Bonchev–Trinajstić information content (AvgIpc) is 2.88. The first-order chi connectivity index (χ1) is 9.74. The van der Waals surface area contributed by atoms with E-state index in [1.165, 1.54) is 0 Å². The van der Waals surface area contributed by atoms with Gasteiger partial charge in [0.05, 0.1) is 11.0 Å². The zero-order valence-corrected chi connectivity index (χ0v) is 11.8. The van der Waals surface area contributed by atoms with E-state index in [0.29, 0.717) is 32.4 Å². The fourth-order valence-electron chi connectivity index (χ4n) is 2.23. The highest BCUT2D eigenvalue weighted by Crippen LogP contribution is 2.11. The predicted octanol–water partition coefficient (Wildman–Crippen LogP) is 1.73. The monoisotopic (exact) mass is 275 g/mol. The fourth-order valence-corrected chi connectivity index (χ4v) is 2.23. The molecule has 0 unspecified atom stereocenters. The van der Waals surface area contributed by atoms with Crippen LogP contribution in [0.5, 0.6) is 0 Å². The number of amides is 1. The van der Waals surface area contributed by atoms with Crippen molar-refractivity contribution in [2.75, 3.05) is 19.7 Å². The Kier molecular flexibility index (Phi) is 5.12. The van der Waals surface area contributed by atoms with Gasteiger partial charge in [-0.25, -0.2) is 4.98 Å². The maximum atomic E-state index is 12.1. The molecule has 5 heteroatoms. The van der Waals surface area contributed by atoms with Crippen molar-refractivity contribution in [2.24, 2.45) is 0 Å². The van der Waals surface area contributed by atoms with Crippen LogP contribution in [0.25, 0.3) is 11.0 Å². The number of aliphatic hydroxyl groups is 1. The third-order valence-corrected chi connectivity index (χ3v) is 3.33. The Morgan fingerprint density at radius 3 is 2.90 bits per heavy atom. The first kappa shape index (κ1) is 14.5. The number of carbonyl (C=O) groups is 1. The van der Waals surface area contributed by atoms with Crippen LogP contribution >= 0.6 is 0 Å². The van der Waals surface area contributed by atoms with Crippen LogP contribution in [-0.4, -0.2) is 45.6 Å². The van der Waals surface area contributed by atoms with Gasteiger partial charge in [0.25, 0.3) is 0 Å². The average molecular weight is 275 g/mol. The Balaban J connectivity index is 1.91. The lowest BCUT2D eigenvalue weighted by Gasteiger charge is -2.20. The van der Waals surface area contributed by atoms with Gasteiger partial charge in [-0.1, -0.05) is 12.1 Å². The smallest absolute Gasteiger partial charge is 0.223 e. The van der Waals surface area contributed by atoms with Gasteiger partial charge in [-0.05, 0) is 25.5 Å². The number of H-pyrrole nitrogens is 1. The van der Waals surface area contributed by atoms with E-state index in [2.05, 4.69) is 9.97 Å². The van der Waals surface area contributed by atoms with E-state index in [1.807, 2.05) is 31.2 Å². The van der Waals surface area contributed by atoms with Crippen LogP contribution in [0.4, 0.5) is 0 Å². The summed E-state index contributed by atoms with van der Waals surface area (Å²) in [5, 5.41) is 8.83. The lowest BCUT2D eigenvalue weighted by molar-refractivity contribution is -0.131. The molecule has 0 atom stereocenters. The molecule has 20 heavy (non-hydrogen) atoms. The van der Waals surface area contributed by atoms with Crippen molar-refractivity contribution in [2.45, 2.75) is 26.2 Å². The predicted molar refractivity (Wildman–Crippen MR) is 78.4 cm³/mol. The van der Waals surface area contributed by atoms with Gasteiger partial charge in [-0.3, -0.25) is 4.79 Å². The minimum absolute atomic E-state index is 0.112. The Bertz CT molecular complexity index is 532. The van der Waals surface area contributed by atoms with E-state index >= 15 is 0 Å². The molecule has 1 aromatic heterocycles. The molecule has 0 saturated carbocycles. The number of nitrogens with one attached hydrogen (secondary N) is 1. The second kappa shape index (κ2) is 7.05. The number of aromatic nitrogens is 2. The molecule has 0 radical (unpaired) electrons. The lowest BCUT2D eigenvalue weighted by Crippen LogP contribution is -2.32. The van der Waals surface area contributed by atoms with Gasteiger partial charge < -0.3 is 15.0 Å². The Hall–Kier alpha value is -1.88. The maximum Gasteiger partial charge on any atom is 0.223 e. The van der Waals surface area contributed by atoms with Gasteiger partial charge >= 0.3 is 0 Å². The van der Waals surface area contributed by atoms with Gasteiger partial charge in [-0.2, -0.15) is 0 Å². The Morgan fingerprint density at radius 2 is 2.20 bits per heavy atom. The summed E-state index contributed by atoms with van der Waals surface area (Å²) in [5.74, 6) is 0.958. The second-order valence-electron chi connectivity index (χ2n) is 4.75. The molecule has 2 aromatic rings. The molecule has 0 bridgehead atoms. The largest absolute Gasteiger partial charge is 0.396 e. The number of aryl methyl sites for hydroxylation is 1. The second-order valence-corrected chi connectivity index (χ2v) is 4.75. The number of imidazole rings is 1. The normalized spacial score (nSPS) is 10.9. The summed E-state index contributed by atoms with van der Waals surface area (Å²) in [6.07, 6.45) is 1.69. The van der Waals surface area contributed by atoms with E-state index in [1.54, 1.807) is 4.90 Å². The molecule has 0 aliphatic heterocycles. The van der Waals surface area contributed by atoms with Crippen LogP contribution in [0.1, 0.15) is 25.6 Å². The Labute approximate surface area is 118 Å². The molecule has 0 aliphatic rings. The van der Waals surface area contributed by atoms with Gasteiger partial charge in [0.2, 0.25) is 5.91 Å². The summed E-state index contributed by atoms with van der Waals surface area (Å²) in [6.45, 7) is 3.37. The topological polar surface area (TPSA) is 69.2 Å². The highest BCUT2D eigenvalue weighted by Gasteiger charge is 2.12. The van der Waals surface area contributed by atoms with Crippen molar-refractivity contribution in [1.82, 2.24) is 14.9 Å². The number of benzene rings is 1. The summed E-state index contributed by atoms with van der Waals surface area (Å²) in [7, 11) is 0. The zero-order chi connectivity index (χ0) is 14.4. The number of para-hydroxylation sites is 2. The van der Waals surface area contributed by atoms with Gasteiger partial charge in [0.15, 0.2) is 0 Å². The zero-order valence-electron chi connectivity index (χ0n) is 11.8. The highest BCUT2D eigenvalue weighted by atomic mass is 16.3. The van der Waals surface area contributed by atoms with Crippen LogP contribution in [0.3, 0.4) is 0 Å². The molecular formula is C15H21N3O2. The molecule has 0 spiro atoms. The van der Waals surface area contributed by atoms with Crippen LogP contribution in [0.2, 0.25) is 0 Å². The van der Waals surface area contributed by atoms with Crippen molar-refractivity contribution in [3.05, 3.63) is 30.1 Å². The number of fused-ring (bicyclic) bond motifs is 1. The van der Waals surface area contributed by atoms with E-state index in [9.17, 15) is 4.79 Å². The lowest BCUT2D eigenvalue weighted by atomic mass is 10.2. The van der Waals surface area contributed by atoms with Gasteiger partial charge in [0.1, 0.15) is 5.82 Å². The molecule has 1 heterocycles. The van der Waals surface area contributed by atoms with Crippen molar-refractivity contribution in [1.29, 1.82) is 0 Å². The summed E-state index contributed by atoms with van der Waals surface area (Å²) in [5.41, 5.74) is 1.94. The maximum absolute atomic E-state index is 12.1. The quantitative estimate of drug-likeness (QED) is 0.808. The van der Waals surface area contributed by atoms with Crippen molar-refractivity contribution < 1.29 is 9.90 Å². The molecule has 0 aliphatic carbocycles. The van der Waals surface area contributed by atoms with E-state index in [-0.39, 0.29) is 12.5 Å². The van der Waals surface area contributed by atoms with Crippen molar-refractivity contribution in [3.8, 4) is 0 Å². The number of rotatable bonds is 7. The standard InChI is InChI=1S/C15H21N3O2/c1-2-18(10-5-11-19)15(20)9-8-14-16-12-6-3-4-7-13(12)17-14/h3-4,6-7,19H,2,5,8-11H2,1H3,(H,16,17). The molecule has 1 aromatic carbocycles. The highest BCUT2D eigenvalue weighted by molar-refractivity contribution is 5.77. The summed E-state index contributed by atoms with van der Waals surface area (Å²) < 4.78 is 0. The molecule has 1 amide bonds. The molecule has 0 fully saturated rings. The van der Waals surface area contributed by atoms with E-state index in [0.717, 1.165) is 16.9 Å². The third-order valence-electron chi connectivity index (χ3n) is 3.33. The van der Waals surface area contributed by atoms with Crippen LogP contribution in [-0.2, 0) is 11.2 Å². The first-order valence-corrected chi connectivity index (χ1v) is 7.07. The summed E-state index contributed by atoms with van der Waals surface area (Å²) in [4.78, 5) is 21.5. The molecular weight excluding hydrogens is 254 g/mol. The minimum atomic E-state index is 0.112. The number of hydrogen-bond donors (Lipinski definition) is 2. The minimum Gasteiger partial charge on any atom is -0.396 e. The molecule has 5 nitrogen and oxygen atoms in total. The van der Waals surface area contributed by atoms with Crippen LogP contribution < -0.4 is 0 Å². The van der Waals surface area contributed by atoms with Gasteiger partial charge in [0, 0.05) is 32.5 Å². The van der Waals surface area contributed by atoms with Gasteiger partial charge in [-0.15, -0.1) is 0 Å². The number of carbonyl (C=O) groups excluding carboxylic acids is 1. The molecule has 2 rings (SSSR count). The SMILES string of the molecule is CCN(CCCO)C(=O)CCc1nc2ccccc2[nH]1. The van der Waals surface area contributed by atoms with E-state index < -0.39 is 0 Å². The number of aromatic amines is 1. The fraction of sp³-hybridized carbons (Fsp3) is 0.467. The molecule has 0 saturated heterocycles. The number of aliphatic hydroxyl groups excluding tert-OH is 1. The first-order valence-electron chi connectivity index (χ1n) is 7.07. The summed E-state index contributed by atoms with van der Waals surface area (Å²) in [6, 6.07) is 7.85. The Morgan fingerprint density at radius 1 is 1.40 bits per heavy atom. The number of hydrogen-bond acceptors (Lipinski definition) is 3. The molecule has 108 valence electrons. The van der Waals surface area contributed by atoms with Crippen LogP contribution in [0, 0.1) is 0 Å². The van der Waals surface area contributed by atoms with E-state index in [4.69, 9.17) is 5.11 Å². The summed E-state index contributed by atoms with van der Waals surface area (Å²) >= 11 is 0. The van der Waals surface area contributed by atoms with Crippen molar-refractivity contribution in [3.63, 3.8) is 0 Å². The third kappa shape index (κ3) is 3.57. The van der Waals surface area contributed by atoms with Crippen molar-refractivity contribution >= 4 is 16.9 Å². The number of nitrogens with zero attached hydrogens (tertiary/aromatic N) is 2.